The molecule has 0 unspecified atom stereocenters. The summed E-state index contributed by atoms with van der Waals surface area (Å²) in [5.41, 5.74) is 5.36. The summed E-state index contributed by atoms with van der Waals surface area (Å²) < 4.78 is 39.2. The van der Waals surface area contributed by atoms with Crippen LogP contribution in [0.2, 0.25) is 0 Å². The van der Waals surface area contributed by atoms with Crippen molar-refractivity contribution in [2.24, 2.45) is 17.8 Å². The number of anilines is 1. The molecule has 1 atom stereocenters. The molecular formula is C17H18F3N5OS. The minimum Gasteiger partial charge on any atom is -0.379 e. The molecule has 1 aromatic carbocycles. The Kier molecular flexibility index (Phi) is 4.94. The van der Waals surface area contributed by atoms with Crippen molar-refractivity contribution in [3.8, 4) is 0 Å². The number of nitrogens with two attached hydrogens (primary N) is 1. The monoisotopic (exact) mass is 397 g/mol. The second-order valence-electron chi connectivity index (χ2n) is 6.39. The molecule has 6 nitrogen and oxygen atoms in total. The van der Waals surface area contributed by atoms with E-state index < -0.39 is 23.3 Å². The first-order chi connectivity index (χ1) is 12.6. The maximum atomic E-state index is 12.8. The second-order valence-corrected chi connectivity index (χ2v) is 7.51. The number of hydrogen-bond donors (Lipinski definition) is 2. The minimum absolute atomic E-state index is 0.185. The molecule has 0 saturated heterocycles. The molecule has 0 aliphatic carbocycles. The van der Waals surface area contributed by atoms with Gasteiger partial charge in [0.2, 0.25) is 0 Å². The maximum absolute atomic E-state index is 12.8. The fourth-order valence-corrected chi connectivity index (χ4v) is 3.81. The summed E-state index contributed by atoms with van der Waals surface area (Å²) in [7, 11) is 1.29. The van der Waals surface area contributed by atoms with Crippen LogP contribution in [0.3, 0.4) is 0 Å². The molecule has 144 valence electrons. The van der Waals surface area contributed by atoms with Gasteiger partial charge in [-0.1, -0.05) is 23.9 Å². The number of amides is 1. The van der Waals surface area contributed by atoms with Crippen LogP contribution in [0, 0.1) is 0 Å². The summed E-state index contributed by atoms with van der Waals surface area (Å²) >= 11 is 1.49. The maximum Gasteiger partial charge on any atom is 0.435 e. The average molecular weight is 397 g/mol. The number of amidine groups is 1. The van der Waals surface area contributed by atoms with Gasteiger partial charge in [0.1, 0.15) is 5.69 Å². The highest BCUT2D eigenvalue weighted by Crippen LogP contribution is 2.36. The predicted octanol–water partition coefficient (Wildman–Crippen LogP) is 3.36. The van der Waals surface area contributed by atoms with Crippen molar-refractivity contribution >= 4 is 28.5 Å². The van der Waals surface area contributed by atoms with Gasteiger partial charge in [0.25, 0.3) is 5.91 Å². The van der Waals surface area contributed by atoms with Crippen LogP contribution in [0.5, 0.6) is 0 Å². The lowest BCUT2D eigenvalue weighted by molar-refractivity contribution is -0.141. The Morgan fingerprint density at radius 1 is 1.37 bits per heavy atom. The molecule has 1 amide bonds. The smallest absolute Gasteiger partial charge is 0.379 e. The fourth-order valence-electron chi connectivity index (χ4n) is 2.84. The molecule has 3 rings (SSSR count). The Labute approximate surface area is 158 Å². The van der Waals surface area contributed by atoms with E-state index in [1.807, 2.05) is 13.0 Å². The van der Waals surface area contributed by atoms with E-state index in [9.17, 15) is 18.0 Å². The third-order valence-electron chi connectivity index (χ3n) is 4.34. The number of halogens is 3. The van der Waals surface area contributed by atoms with E-state index in [4.69, 9.17) is 5.73 Å². The van der Waals surface area contributed by atoms with Gasteiger partial charge < -0.3 is 11.1 Å². The van der Waals surface area contributed by atoms with Gasteiger partial charge in [-0.05, 0) is 31.0 Å². The van der Waals surface area contributed by atoms with Gasteiger partial charge in [0, 0.05) is 24.6 Å². The van der Waals surface area contributed by atoms with Crippen molar-refractivity contribution in [3.05, 3.63) is 47.3 Å². The number of aliphatic imine (C=N–C) groups is 1. The first-order valence-electron chi connectivity index (χ1n) is 8.10. The highest BCUT2D eigenvalue weighted by molar-refractivity contribution is 8.13. The standard InChI is InChI=1S/C17H18F3N5OS/c1-16(6-7-27-15(21)23-16)10-4-3-5-11(8-10)22-14(26)12-9-13(17(18,19)20)24-25(12)2/h3-5,8-9H,6-7H2,1-2H3,(H2,21,23)(H,22,26)/t16-/m0/s1. The van der Waals surface area contributed by atoms with Crippen LogP contribution in [-0.2, 0) is 18.8 Å². The lowest BCUT2D eigenvalue weighted by atomic mass is 9.89. The number of rotatable bonds is 3. The number of carbonyl (C=O) groups excluding carboxylic acids is 1. The molecular weight excluding hydrogens is 379 g/mol. The third kappa shape index (κ3) is 4.10. The Hall–Kier alpha value is -2.49. The number of aromatic nitrogens is 2. The molecule has 1 aromatic heterocycles. The van der Waals surface area contributed by atoms with E-state index in [1.165, 1.54) is 18.8 Å². The quantitative estimate of drug-likeness (QED) is 0.832. The van der Waals surface area contributed by atoms with E-state index in [-0.39, 0.29) is 5.69 Å². The number of thioether (sulfide) groups is 1. The summed E-state index contributed by atoms with van der Waals surface area (Å²) in [4.78, 5) is 16.9. The van der Waals surface area contributed by atoms with Crippen LogP contribution in [-0.4, -0.2) is 26.6 Å². The topological polar surface area (TPSA) is 85.3 Å². The van der Waals surface area contributed by atoms with E-state index in [0.717, 1.165) is 28.5 Å². The minimum atomic E-state index is -4.61. The highest BCUT2D eigenvalue weighted by atomic mass is 32.2. The van der Waals surface area contributed by atoms with Crippen molar-refractivity contribution in [1.82, 2.24) is 9.78 Å². The third-order valence-corrected chi connectivity index (χ3v) is 5.14. The SMILES string of the molecule is Cn1nc(C(F)(F)F)cc1C(=O)Nc1cccc([C@]2(C)CCSC(N)=N2)c1. The molecule has 0 fully saturated rings. The molecule has 2 heterocycles. The van der Waals surface area contributed by atoms with Crippen molar-refractivity contribution in [1.29, 1.82) is 0 Å². The van der Waals surface area contributed by atoms with E-state index in [2.05, 4.69) is 15.4 Å². The second kappa shape index (κ2) is 6.91. The Bertz CT molecular complexity index is 908. The first-order valence-corrected chi connectivity index (χ1v) is 9.08. The molecule has 0 bridgehead atoms. The van der Waals surface area contributed by atoms with Crippen LogP contribution in [0.4, 0.5) is 18.9 Å². The number of nitrogens with one attached hydrogen (secondary N) is 1. The Morgan fingerprint density at radius 2 is 2.11 bits per heavy atom. The lowest BCUT2D eigenvalue weighted by Crippen LogP contribution is -2.28. The summed E-state index contributed by atoms with van der Waals surface area (Å²) in [5.74, 6) is 0.155. The zero-order chi connectivity index (χ0) is 19.8. The van der Waals surface area contributed by atoms with Gasteiger partial charge in [0.05, 0.1) is 5.54 Å². The number of hydrogen-bond acceptors (Lipinski definition) is 5. The normalized spacial score (nSPS) is 20.3. The largest absolute Gasteiger partial charge is 0.435 e. The fraction of sp³-hybridized carbons (Fsp3) is 0.353. The first kappa shape index (κ1) is 19.3. The predicted molar refractivity (Wildman–Crippen MR) is 98.7 cm³/mol. The summed E-state index contributed by atoms with van der Waals surface area (Å²) in [5, 5.41) is 6.48. The lowest BCUT2D eigenvalue weighted by Gasteiger charge is -2.30. The number of carbonyl (C=O) groups is 1. The highest BCUT2D eigenvalue weighted by Gasteiger charge is 2.35. The molecule has 0 saturated carbocycles. The Balaban J connectivity index is 1.84. The van der Waals surface area contributed by atoms with Crippen LogP contribution >= 0.6 is 11.8 Å². The number of aryl methyl sites for hydroxylation is 1. The molecule has 0 spiro atoms. The molecule has 1 aliphatic heterocycles. The molecule has 10 heteroatoms. The van der Waals surface area contributed by atoms with E-state index in [0.29, 0.717) is 10.9 Å². The van der Waals surface area contributed by atoms with Crippen molar-refractivity contribution < 1.29 is 18.0 Å². The van der Waals surface area contributed by atoms with Crippen LogP contribution in [0.15, 0.2) is 35.3 Å². The zero-order valence-corrected chi connectivity index (χ0v) is 15.5. The van der Waals surface area contributed by atoms with Gasteiger partial charge in [-0.3, -0.25) is 14.5 Å². The van der Waals surface area contributed by atoms with E-state index in [1.54, 1.807) is 18.2 Å². The van der Waals surface area contributed by atoms with Gasteiger partial charge in [-0.2, -0.15) is 18.3 Å². The van der Waals surface area contributed by atoms with Crippen molar-refractivity contribution in [2.45, 2.75) is 25.1 Å². The molecule has 2 aromatic rings. The summed E-state index contributed by atoms with van der Waals surface area (Å²) in [6, 6.07) is 7.79. The van der Waals surface area contributed by atoms with Crippen molar-refractivity contribution in [3.63, 3.8) is 0 Å². The van der Waals surface area contributed by atoms with Crippen LogP contribution in [0.1, 0.15) is 35.1 Å². The van der Waals surface area contributed by atoms with Gasteiger partial charge in [-0.25, -0.2) is 0 Å². The molecule has 27 heavy (non-hydrogen) atoms. The van der Waals surface area contributed by atoms with Gasteiger partial charge in [-0.15, -0.1) is 0 Å². The van der Waals surface area contributed by atoms with Crippen LogP contribution < -0.4 is 11.1 Å². The number of nitrogens with zero attached hydrogens (tertiary/aromatic N) is 3. The summed E-state index contributed by atoms with van der Waals surface area (Å²) in [6.45, 7) is 1.96. The molecule has 0 radical (unpaired) electrons. The van der Waals surface area contributed by atoms with Gasteiger partial charge >= 0.3 is 6.18 Å². The number of alkyl halides is 3. The Morgan fingerprint density at radius 3 is 2.74 bits per heavy atom. The molecule has 3 N–H and O–H groups in total. The van der Waals surface area contributed by atoms with Crippen molar-refractivity contribution in [2.75, 3.05) is 11.1 Å². The molecule has 1 aliphatic rings. The van der Waals surface area contributed by atoms with Gasteiger partial charge in [0.15, 0.2) is 10.9 Å². The number of benzene rings is 1. The zero-order valence-electron chi connectivity index (χ0n) is 14.7. The van der Waals surface area contributed by atoms with Crippen LogP contribution in [0.25, 0.3) is 0 Å². The average Bonchev–Trinajstić information content (AvgIpc) is 2.97. The van der Waals surface area contributed by atoms with E-state index >= 15 is 0 Å². The summed E-state index contributed by atoms with van der Waals surface area (Å²) in [6.07, 6.45) is -3.83.